The maximum absolute atomic E-state index is 11.6. The minimum atomic E-state index is -0.657. The quantitative estimate of drug-likeness (QED) is 0.657. The highest BCUT2D eigenvalue weighted by Crippen LogP contribution is 2.06. The standard InChI is InChI=1S/C12H22N2O5/c1-8(2)7-9(11(16)18-3)14-10(15)5-6-13-12(17)19-4/h8-9H,5-7H2,1-4H3,(H,13,17)(H,14,15). The molecule has 0 fully saturated rings. The van der Waals surface area contributed by atoms with Gasteiger partial charge in [-0.3, -0.25) is 4.79 Å². The lowest BCUT2D eigenvalue weighted by Gasteiger charge is -2.18. The van der Waals surface area contributed by atoms with Crippen LogP contribution in [0.1, 0.15) is 26.7 Å². The lowest BCUT2D eigenvalue weighted by atomic mass is 10.0. The van der Waals surface area contributed by atoms with Gasteiger partial charge >= 0.3 is 12.1 Å². The summed E-state index contributed by atoms with van der Waals surface area (Å²) in [5.41, 5.74) is 0. The van der Waals surface area contributed by atoms with E-state index in [0.717, 1.165) is 0 Å². The molecule has 19 heavy (non-hydrogen) atoms. The topological polar surface area (TPSA) is 93.7 Å². The second kappa shape index (κ2) is 9.18. The van der Waals surface area contributed by atoms with E-state index in [4.69, 9.17) is 0 Å². The number of esters is 1. The first-order valence-electron chi connectivity index (χ1n) is 6.09. The van der Waals surface area contributed by atoms with E-state index in [0.29, 0.717) is 6.42 Å². The van der Waals surface area contributed by atoms with Crippen molar-refractivity contribution in [2.75, 3.05) is 20.8 Å². The summed E-state index contributed by atoms with van der Waals surface area (Å²) in [5.74, 6) is -0.548. The number of rotatable bonds is 7. The number of ether oxygens (including phenoxy) is 2. The van der Waals surface area contributed by atoms with Crippen LogP contribution in [0, 0.1) is 5.92 Å². The van der Waals surface area contributed by atoms with Crippen LogP contribution in [0.25, 0.3) is 0 Å². The van der Waals surface area contributed by atoms with E-state index in [1.807, 2.05) is 13.8 Å². The maximum atomic E-state index is 11.6. The van der Waals surface area contributed by atoms with E-state index >= 15 is 0 Å². The van der Waals surface area contributed by atoms with Gasteiger partial charge in [-0.25, -0.2) is 9.59 Å². The Labute approximate surface area is 113 Å². The number of hydrogen-bond acceptors (Lipinski definition) is 5. The molecule has 1 unspecified atom stereocenters. The lowest BCUT2D eigenvalue weighted by molar-refractivity contribution is -0.145. The average molecular weight is 274 g/mol. The molecule has 0 radical (unpaired) electrons. The van der Waals surface area contributed by atoms with Gasteiger partial charge in [-0.15, -0.1) is 0 Å². The third-order valence-electron chi connectivity index (χ3n) is 2.33. The van der Waals surface area contributed by atoms with Crippen LogP contribution in [0.2, 0.25) is 0 Å². The highest BCUT2D eigenvalue weighted by Gasteiger charge is 2.22. The molecule has 0 saturated carbocycles. The fraction of sp³-hybridized carbons (Fsp3) is 0.750. The van der Waals surface area contributed by atoms with Crippen LogP contribution in [0.3, 0.4) is 0 Å². The molecule has 0 rings (SSSR count). The van der Waals surface area contributed by atoms with Gasteiger partial charge in [-0.05, 0) is 12.3 Å². The SMILES string of the molecule is COC(=O)NCCC(=O)NC(CC(C)C)C(=O)OC. The van der Waals surface area contributed by atoms with Crippen LogP contribution in [0.15, 0.2) is 0 Å². The van der Waals surface area contributed by atoms with Gasteiger partial charge in [0, 0.05) is 13.0 Å². The van der Waals surface area contributed by atoms with Crippen molar-refractivity contribution in [3.8, 4) is 0 Å². The van der Waals surface area contributed by atoms with Gasteiger partial charge in [0.05, 0.1) is 14.2 Å². The zero-order valence-corrected chi connectivity index (χ0v) is 11.8. The molecule has 1 atom stereocenters. The summed E-state index contributed by atoms with van der Waals surface area (Å²) in [7, 11) is 2.52. The normalized spacial score (nSPS) is 11.6. The van der Waals surface area contributed by atoms with Crippen molar-refractivity contribution < 1.29 is 23.9 Å². The van der Waals surface area contributed by atoms with Crippen molar-refractivity contribution in [1.29, 1.82) is 0 Å². The van der Waals surface area contributed by atoms with E-state index in [2.05, 4.69) is 20.1 Å². The lowest BCUT2D eigenvalue weighted by Crippen LogP contribution is -2.43. The molecule has 7 heteroatoms. The Morgan fingerprint density at radius 2 is 1.74 bits per heavy atom. The van der Waals surface area contributed by atoms with E-state index in [1.165, 1.54) is 14.2 Å². The first-order valence-corrected chi connectivity index (χ1v) is 6.09. The number of nitrogens with one attached hydrogen (secondary N) is 2. The van der Waals surface area contributed by atoms with Gasteiger partial charge in [0.25, 0.3) is 0 Å². The van der Waals surface area contributed by atoms with Crippen molar-refractivity contribution >= 4 is 18.0 Å². The molecular formula is C12H22N2O5. The first kappa shape index (κ1) is 17.2. The van der Waals surface area contributed by atoms with Crippen LogP contribution in [0.5, 0.6) is 0 Å². The summed E-state index contributed by atoms with van der Waals surface area (Å²) in [4.78, 5) is 33.9. The minimum absolute atomic E-state index is 0.0701. The zero-order valence-electron chi connectivity index (χ0n) is 11.8. The molecule has 0 saturated heterocycles. The fourth-order valence-electron chi connectivity index (χ4n) is 1.44. The summed E-state index contributed by atoms with van der Waals surface area (Å²) in [6, 6.07) is -0.657. The largest absolute Gasteiger partial charge is 0.467 e. The Morgan fingerprint density at radius 3 is 2.21 bits per heavy atom. The Balaban J connectivity index is 4.16. The van der Waals surface area contributed by atoms with Gasteiger partial charge in [-0.2, -0.15) is 0 Å². The number of amides is 2. The van der Waals surface area contributed by atoms with E-state index < -0.39 is 18.1 Å². The van der Waals surface area contributed by atoms with E-state index in [-0.39, 0.29) is 24.8 Å². The minimum Gasteiger partial charge on any atom is -0.467 e. The summed E-state index contributed by atoms with van der Waals surface area (Å²) in [6.07, 6.45) is -0.0247. The highest BCUT2D eigenvalue weighted by molar-refractivity contribution is 5.84. The third-order valence-corrected chi connectivity index (χ3v) is 2.33. The predicted octanol–water partition coefficient (Wildman–Crippen LogP) is 0.436. The third kappa shape index (κ3) is 8.01. The molecule has 0 heterocycles. The molecule has 0 aliphatic heterocycles. The van der Waals surface area contributed by atoms with Crippen molar-refractivity contribution in [2.24, 2.45) is 5.92 Å². The van der Waals surface area contributed by atoms with Crippen molar-refractivity contribution in [2.45, 2.75) is 32.7 Å². The maximum Gasteiger partial charge on any atom is 0.406 e. The van der Waals surface area contributed by atoms with Crippen molar-refractivity contribution in [1.82, 2.24) is 10.6 Å². The molecule has 0 aliphatic carbocycles. The number of carbonyl (C=O) groups is 3. The summed E-state index contributed by atoms with van der Waals surface area (Å²) >= 11 is 0. The highest BCUT2D eigenvalue weighted by atomic mass is 16.5. The van der Waals surface area contributed by atoms with Gasteiger partial charge < -0.3 is 20.1 Å². The molecule has 0 aliphatic rings. The Kier molecular flexibility index (Phi) is 8.32. The van der Waals surface area contributed by atoms with Crippen LogP contribution in [0.4, 0.5) is 4.79 Å². The molecule has 2 amide bonds. The Morgan fingerprint density at radius 1 is 1.11 bits per heavy atom. The van der Waals surface area contributed by atoms with Gasteiger partial charge in [-0.1, -0.05) is 13.8 Å². The van der Waals surface area contributed by atoms with Gasteiger partial charge in [0.15, 0.2) is 0 Å². The second-order valence-corrected chi connectivity index (χ2v) is 4.44. The molecule has 110 valence electrons. The summed E-state index contributed by atoms with van der Waals surface area (Å²) in [5, 5.41) is 4.97. The number of carbonyl (C=O) groups excluding carboxylic acids is 3. The summed E-state index contributed by atoms with van der Waals surface area (Å²) < 4.78 is 9.00. The number of hydrogen-bond donors (Lipinski definition) is 2. The van der Waals surface area contributed by atoms with Crippen LogP contribution >= 0.6 is 0 Å². The zero-order chi connectivity index (χ0) is 14.8. The molecule has 0 spiro atoms. The van der Waals surface area contributed by atoms with Crippen LogP contribution in [-0.2, 0) is 19.1 Å². The van der Waals surface area contributed by atoms with Gasteiger partial charge in [0.1, 0.15) is 6.04 Å². The molecule has 0 aromatic carbocycles. The van der Waals surface area contributed by atoms with Crippen molar-refractivity contribution in [3.63, 3.8) is 0 Å². The van der Waals surface area contributed by atoms with E-state index in [9.17, 15) is 14.4 Å². The summed E-state index contributed by atoms with van der Waals surface area (Å²) in [6.45, 7) is 4.04. The smallest absolute Gasteiger partial charge is 0.406 e. The second-order valence-electron chi connectivity index (χ2n) is 4.44. The van der Waals surface area contributed by atoms with Crippen LogP contribution < -0.4 is 10.6 Å². The Bertz CT molecular complexity index is 317. The molecule has 0 aromatic rings. The first-order chi connectivity index (χ1) is 8.90. The Hall–Kier alpha value is -1.79. The molecule has 0 aromatic heterocycles. The fourth-order valence-corrected chi connectivity index (χ4v) is 1.44. The molecular weight excluding hydrogens is 252 g/mol. The molecule has 7 nitrogen and oxygen atoms in total. The van der Waals surface area contributed by atoms with Crippen LogP contribution in [-0.4, -0.2) is 44.8 Å². The number of methoxy groups -OCH3 is 2. The average Bonchev–Trinajstić information content (AvgIpc) is 2.36. The van der Waals surface area contributed by atoms with Crippen molar-refractivity contribution in [3.05, 3.63) is 0 Å². The number of alkyl carbamates (subject to hydrolysis) is 1. The monoisotopic (exact) mass is 274 g/mol. The van der Waals surface area contributed by atoms with Gasteiger partial charge in [0.2, 0.25) is 5.91 Å². The predicted molar refractivity (Wildman–Crippen MR) is 68.4 cm³/mol. The molecule has 0 bridgehead atoms. The molecule has 2 N–H and O–H groups in total. The van der Waals surface area contributed by atoms with E-state index in [1.54, 1.807) is 0 Å².